The molecule has 2 aliphatic carbocycles. The van der Waals surface area contributed by atoms with Gasteiger partial charge in [0.15, 0.2) is 0 Å². The van der Waals surface area contributed by atoms with Crippen molar-refractivity contribution < 1.29 is 13.2 Å². The fraction of sp³-hybridized carbons (Fsp3) is 0.0250. The van der Waals surface area contributed by atoms with Gasteiger partial charge in [-0.3, -0.25) is 0 Å². The number of furan rings is 1. The average Bonchev–Trinajstić information content (AvgIpc) is 1.51. The number of anilines is 5. The number of para-hydroxylation sites is 1. The summed E-state index contributed by atoms with van der Waals surface area (Å²) in [6.45, 7) is 6.52. The van der Waals surface area contributed by atoms with Crippen LogP contribution in [0.3, 0.4) is 0 Å². The number of hydrogen-bond donors (Lipinski definition) is 0. The first-order chi connectivity index (χ1) is 41.9. The Morgan fingerprint density at radius 1 is 0.424 bits per heavy atom. The van der Waals surface area contributed by atoms with E-state index in [1.165, 1.54) is 24.3 Å². The van der Waals surface area contributed by atoms with Crippen LogP contribution in [0.2, 0.25) is 0 Å². The van der Waals surface area contributed by atoms with Gasteiger partial charge in [-0.05, 0) is 164 Å². The number of hydrogen-bond acceptors (Lipinski definition) is 3. The molecule has 85 heavy (non-hydrogen) atoms. The quantitative estimate of drug-likeness (QED) is 0.114. The molecule has 0 aliphatic heterocycles. The lowest BCUT2D eigenvalue weighted by Crippen LogP contribution is -2.27. The molecule has 0 atom stereocenters. The molecule has 0 saturated carbocycles. The van der Waals surface area contributed by atoms with Crippen LogP contribution in [-0.2, 0) is 5.41 Å². The summed E-state index contributed by atoms with van der Waals surface area (Å²) in [4.78, 5) is 4.48. The third kappa shape index (κ3) is 8.38. The Hall–Kier alpha value is -10.9. The Morgan fingerprint density at radius 2 is 0.941 bits per heavy atom. The Bertz CT molecular complexity index is 4770. The summed E-state index contributed by atoms with van der Waals surface area (Å²) in [6, 6.07) is 96.9. The zero-order chi connectivity index (χ0) is 57.2. The third-order valence-corrected chi connectivity index (χ3v) is 17.1. The first kappa shape index (κ1) is 51.0. The van der Waals surface area contributed by atoms with Gasteiger partial charge in [0.25, 0.3) is 0 Å². The minimum atomic E-state index is -0.914. The molecule has 0 N–H and O–H groups in total. The first-order valence-electron chi connectivity index (χ1n) is 28.7. The average molecular weight is 1100 g/mol. The predicted octanol–water partition coefficient (Wildman–Crippen LogP) is 22.3. The molecule has 0 radical (unpaired) electrons. The monoisotopic (exact) mass is 1100 g/mol. The van der Waals surface area contributed by atoms with Crippen molar-refractivity contribution >= 4 is 50.4 Å². The van der Waals surface area contributed by atoms with E-state index in [1.54, 1.807) is 13.0 Å². The van der Waals surface area contributed by atoms with Gasteiger partial charge in [0, 0.05) is 39.1 Å². The molecule has 15 rings (SSSR count). The van der Waals surface area contributed by atoms with Gasteiger partial charge in [0.1, 0.15) is 22.8 Å². The molecule has 0 unspecified atom stereocenters. The largest absolute Gasteiger partial charge is 0.455 e. The molecule has 3 nitrogen and oxygen atoms in total. The molecule has 0 fully saturated rings. The fourth-order valence-electron chi connectivity index (χ4n) is 13.4. The topological polar surface area (TPSA) is 19.6 Å². The summed E-state index contributed by atoms with van der Waals surface area (Å²) in [5, 5.41) is 1.83. The Morgan fingerprint density at radius 3 is 1.54 bits per heavy atom. The number of rotatable bonds is 12. The maximum Gasteiger partial charge on any atom is 0.145 e. The molecular weight excluding hydrogens is 1040 g/mol. The molecule has 13 aromatic rings. The van der Waals surface area contributed by atoms with E-state index in [2.05, 4.69) is 228 Å². The molecule has 404 valence electrons. The molecule has 0 saturated heterocycles. The summed E-state index contributed by atoms with van der Waals surface area (Å²) >= 11 is 0. The van der Waals surface area contributed by atoms with Crippen molar-refractivity contribution in [2.24, 2.45) is 0 Å². The smallest absolute Gasteiger partial charge is 0.145 e. The van der Waals surface area contributed by atoms with Crippen molar-refractivity contribution in [1.29, 1.82) is 0 Å². The van der Waals surface area contributed by atoms with Crippen LogP contribution in [0.5, 0.6) is 0 Å². The normalized spacial score (nSPS) is 12.8. The van der Waals surface area contributed by atoms with E-state index in [0.717, 1.165) is 139 Å². The van der Waals surface area contributed by atoms with Crippen molar-refractivity contribution in [2.75, 3.05) is 9.80 Å². The predicted molar refractivity (Wildman–Crippen MR) is 348 cm³/mol. The van der Waals surface area contributed by atoms with Crippen LogP contribution in [0.25, 0.3) is 88.7 Å². The SMILES string of the molecule is C=C(/C=C\C(F)=C/C)N(c1ccc(-c2ccccc2)cc1-c1ccccc1)c1cc2c(c3oc4ccccc4c13)-c1ccc(N(c3ccc(F)cc3)c3ccc(-c4ccccc4)cc3-c3ccccc3)cc1C21c2ccccc2-c2ccccc21. The van der Waals surface area contributed by atoms with Crippen LogP contribution < -0.4 is 9.80 Å². The number of allylic oxidation sites excluding steroid dienone is 4. The van der Waals surface area contributed by atoms with Crippen LogP contribution in [0.4, 0.5) is 37.2 Å². The molecule has 1 spiro atoms. The minimum Gasteiger partial charge on any atom is -0.455 e. The van der Waals surface area contributed by atoms with Gasteiger partial charge < -0.3 is 14.2 Å². The molecule has 12 aromatic carbocycles. The van der Waals surface area contributed by atoms with E-state index < -0.39 is 5.41 Å². The van der Waals surface area contributed by atoms with E-state index in [4.69, 9.17) is 11.0 Å². The van der Waals surface area contributed by atoms with Gasteiger partial charge in [-0.15, -0.1) is 0 Å². The summed E-state index contributed by atoms with van der Waals surface area (Å²) in [5.74, 6) is -0.694. The number of halogens is 2. The van der Waals surface area contributed by atoms with E-state index in [-0.39, 0.29) is 11.6 Å². The van der Waals surface area contributed by atoms with Crippen LogP contribution in [-0.4, -0.2) is 0 Å². The Kier molecular flexibility index (Phi) is 12.5. The van der Waals surface area contributed by atoms with Crippen molar-refractivity contribution in [1.82, 2.24) is 0 Å². The summed E-state index contributed by atoms with van der Waals surface area (Å²) in [5.41, 5.74) is 22.4. The highest BCUT2D eigenvalue weighted by Gasteiger charge is 2.53. The van der Waals surface area contributed by atoms with E-state index in [0.29, 0.717) is 5.70 Å². The van der Waals surface area contributed by atoms with Gasteiger partial charge in [-0.25, -0.2) is 8.78 Å². The molecular formula is C80H54F2N2O. The van der Waals surface area contributed by atoms with Gasteiger partial charge in [-0.1, -0.05) is 219 Å². The highest BCUT2D eigenvalue weighted by Crippen LogP contribution is 2.66. The first-order valence-corrected chi connectivity index (χ1v) is 28.7. The van der Waals surface area contributed by atoms with Crippen molar-refractivity contribution in [3.05, 3.63) is 343 Å². The maximum absolute atomic E-state index is 15.6. The molecule has 1 heterocycles. The molecule has 2 aliphatic rings. The van der Waals surface area contributed by atoms with E-state index in [9.17, 15) is 0 Å². The Labute approximate surface area is 493 Å². The van der Waals surface area contributed by atoms with Gasteiger partial charge in [-0.2, -0.15) is 0 Å². The van der Waals surface area contributed by atoms with Gasteiger partial charge in [0.05, 0.1) is 27.9 Å². The summed E-state index contributed by atoms with van der Waals surface area (Å²) in [7, 11) is 0. The lowest BCUT2D eigenvalue weighted by Gasteiger charge is -2.34. The third-order valence-electron chi connectivity index (χ3n) is 17.1. The second kappa shape index (κ2) is 20.8. The zero-order valence-corrected chi connectivity index (χ0v) is 46.6. The molecule has 5 heteroatoms. The number of nitrogens with zero attached hydrogens (tertiary/aromatic N) is 2. The van der Waals surface area contributed by atoms with Crippen LogP contribution in [0.15, 0.2) is 320 Å². The van der Waals surface area contributed by atoms with Crippen LogP contribution in [0.1, 0.15) is 29.2 Å². The van der Waals surface area contributed by atoms with Crippen LogP contribution >= 0.6 is 0 Å². The van der Waals surface area contributed by atoms with Crippen molar-refractivity contribution in [3.63, 3.8) is 0 Å². The fourth-order valence-corrected chi connectivity index (χ4v) is 13.4. The summed E-state index contributed by atoms with van der Waals surface area (Å²) in [6.07, 6.45) is 4.72. The Balaban J connectivity index is 1.05. The van der Waals surface area contributed by atoms with Crippen LogP contribution in [0, 0.1) is 5.82 Å². The molecule has 0 amide bonds. The number of fused-ring (bicyclic) bond motifs is 14. The lowest BCUT2D eigenvalue weighted by molar-refractivity contribution is 0.628. The minimum absolute atomic E-state index is 0.318. The highest BCUT2D eigenvalue weighted by atomic mass is 19.1. The van der Waals surface area contributed by atoms with Crippen molar-refractivity contribution in [2.45, 2.75) is 12.3 Å². The van der Waals surface area contributed by atoms with Gasteiger partial charge in [0.2, 0.25) is 0 Å². The molecule has 0 bridgehead atoms. The maximum atomic E-state index is 15.6. The second-order valence-corrected chi connectivity index (χ2v) is 21.8. The second-order valence-electron chi connectivity index (χ2n) is 21.8. The van der Waals surface area contributed by atoms with Crippen molar-refractivity contribution in [3.8, 4) is 66.8 Å². The standard InChI is InChI=1S/C80H54F2N2O/c1-3-59(81)39-36-52(2)83(73-46-37-57(53-22-8-4-9-23-53)48-67(73)55-26-12-6-13-27-55)75-51-72-77(79-78(75)66-32-18-21-35-76(66)85-79)65-45-44-62(50-71(65)80(72)69-33-19-16-30-63(69)64-31-17-20-34-70(64)80)84(61-42-40-60(82)41-43-61)74-47-38-58(54-24-10-5-11-25-54)49-68(74)56-28-14-7-15-29-56/h3-51H,2H2,1H3/b39-36-,59-3+. The van der Waals surface area contributed by atoms with Gasteiger partial charge >= 0.3 is 0 Å². The summed E-state index contributed by atoms with van der Waals surface area (Å²) < 4.78 is 38.2. The van der Waals surface area contributed by atoms with E-state index in [1.807, 2.05) is 48.5 Å². The number of benzene rings is 12. The zero-order valence-electron chi connectivity index (χ0n) is 46.6. The van der Waals surface area contributed by atoms with E-state index >= 15 is 8.78 Å². The lowest BCUT2D eigenvalue weighted by atomic mass is 9.70. The molecule has 1 aromatic heterocycles. The highest BCUT2D eigenvalue weighted by molar-refractivity contribution is 6.20.